The Labute approximate surface area is 211 Å². The number of hydrogen-bond donors (Lipinski definition) is 1. The molecule has 3 atom stereocenters. The van der Waals surface area contributed by atoms with E-state index in [4.69, 9.17) is 23.7 Å². The maximum absolute atomic E-state index is 13.6. The molecule has 0 aromatic heterocycles. The molecule has 0 radical (unpaired) electrons. The zero-order valence-electron chi connectivity index (χ0n) is 21.0. The summed E-state index contributed by atoms with van der Waals surface area (Å²) in [6.45, 7) is 0.668. The van der Waals surface area contributed by atoms with Gasteiger partial charge in [0.05, 0.1) is 33.0 Å². The molecule has 192 valence electrons. The lowest BCUT2D eigenvalue weighted by atomic mass is 9.66. The Morgan fingerprint density at radius 2 is 1.78 bits per heavy atom. The Morgan fingerprint density at radius 1 is 1.03 bits per heavy atom. The number of amides is 1. The van der Waals surface area contributed by atoms with E-state index in [9.17, 15) is 9.90 Å². The number of piperidine rings is 1. The molecule has 2 aromatic carbocycles. The average molecular weight is 496 g/mol. The van der Waals surface area contributed by atoms with Crippen LogP contribution in [0.1, 0.15) is 49.3 Å². The lowest BCUT2D eigenvalue weighted by molar-refractivity contribution is -0.150. The third-order valence-electron chi connectivity index (χ3n) is 7.69. The predicted molar refractivity (Wildman–Crippen MR) is 134 cm³/mol. The second kappa shape index (κ2) is 9.93. The van der Waals surface area contributed by atoms with E-state index in [0.29, 0.717) is 41.7 Å². The lowest BCUT2D eigenvalue weighted by Gasteiger charge is -2.52. The van der Waals surface area contributed by atoms with E-state index in [0.717, 1.165) is 36.8 Å². The van der Waals surface area contributed by atoms with Crippen LogP contribution in [-0.2, 0) is 4.79 Å². The summed E-state index contributed by atoms with van der Waals surface area (Å²) >= 11 is 0. The smallest absolute Gasteiger partial charge is 0.247 e. The number of likely N-dealkylation sites (tertiary alicyclic amines) is 1. The van der Waals surface area contributed by atoms with E-state index in [-0.39, 0.29) is 24.7 Å². The number of methoxy groups -OCH3 is 3. The number of ether oxygens (including phenoxy) is 5. The molecule has 0 spiro atoms. The zero-order valence-corrected chi connectivity index (χ0v) is 21.0. The van der Waals surface area contributed by atoms with Crippen molar-refractivity contribution in [3.63, 3.8) is 0 Å². The summed E-state index contributed by atoms with van der Waals surface area (Å²) in [7, 11) is 4.67. The van der Waals surface area contributed by atoms with Gasteiger partial charge in [-0.2, -0.15) is 0 Å². The molecule has 1 aliphatic carbocycles. The quantitative estimate of drug-likeness (QED) is 0.597. The fourth-order valence-electron chi connectivity index (χ4n) is 5.90. The molecule has 5 rings (SSSR count). The minimum absolute atomic E-state index is 0.0427. The van der Waals surface area contributed by atoms with Crippen molar-refractivity contribution in [2.24, 2.45) is 5.92 Å². The Balaban J connectivity index is 1.47. The fourth-order valence-corrected chi connectivity index (χ4v) is 5.90. The predicted octanol–water partition coefficient (Wildman–Crippen LogP) is 4.35. The molecule has 2 unspecified atom stereocenters. The Kier molecular flexibility index (Phi) is 6.71. The van der Waals surface area contributed by atoms with Gasteiger partial charge in [-0.05, 0) is 60.7 Å². The molecule has 1 amide bonds. The van der Waals surface area contributed by atoms with Crippen LogP contribution in [0.4, 0.5) is 0 Å². The second-order valence-corrected chi connectivity index (χ2v) is 9.59. The van der Waals surface area contributed by atoms with Crippen molar-refractivity contribution in [3.8, 4) is 28.7 Å². The summed E-state index contributed by atoms with van der Waals surface area (Å²) < 4.78 is 27.4. The average Bonchev–Trinajstić information content (AvgIpc) is 3.38. The topological polar surface area (TPSA) is 86.7 Å². The first-order chi connectivity index (χ1) is 17.5. The van der Waals surface area contributed by atoms with Gasteiger partial charge in [0.15, 0.2) is 23.0 Å². The van der Waals surface area contributed by atoms with Gasteiger partial charge in [-0.1, -0.05) is 18.9 Å². The minimum atomic E-state index is -0.767. The number of carbonyl (C=O) groups is 1. The maximum Gasteiger partial charge on any atom is 0.247 e. The largest absolute Gasteiger partial charge is 0.493 e. The van der Waals surface area contributed by atoms with Gasteiger partial charge in [0.25, 0.3) is 0 Å². The van der Waals surface area contributed by atoms with E-state index in [2.05, 4.69) is 0 Å². The van der Waals surface area contributed by atoms with Gasteiger partial charge < -0.3 is 33.7 Å². The van der Waals surface area contributed by atoms with Crippen molar-refractivity contribution in [3.05, 3.63) is 47.5 Å². The fraction of sp³-hybridized carbons (Fsp3) is 0.464. The highest BCUT2D eigenvalue weighted by Gasteiger charge is 2.50. The molecule has 36 heavy (non-hydrogen) atoms. The van der Waals surface area contributed by atoms with Gasteiger partial charge in [-0.25, -0.2) is 0 Å². The van der Waals surface area contributed by atoms with Crippen LogP contribution in [0.3, 0.4) is 0 Å². The van der Waals surface area contributed by atoms with Crippen LogP contribution in [0.2, 0.25) is 0 Å². The van der Waals surface area contributed by atoms with E-state index in [1.54, 1.807) is 45.6 Å². The monoisotopic (exact) mass is 495 g/mol. The molecule has 2 aliphatic heterocycles. The van der Waals surface area contributed by atoms with Crippen LogP contribution in [0.5, 0.6) is 28.7 Å². The third-order valence-corrected chi connectivity index (χ3v) is 7.69. The molecule has 1 saturated heterocycles. The zero-order chi connectivity index (χ0) is 25.3. The van der Waals surface area contributed by atoms with E-state index in [1.807, 2.05) is 23.1 Å². The molecule has 1 saturated carbocycles. The standard InChI is InChI=1S/C28H33NO7/c1-32-23-14-18(15-24(33-2)27(23)34-3)7-10-25(30)29-13-12-28(31)11-5-4-6-20(28)26(29)19-8-9-21-22(16-19)36-17-35-21/h7-10,14-16,20,26,31H,4-6,11-13,17H2,1-3H3/b10-7+/t20?,26-,28?/m0/s1. The highest BCUT2D eigenvalue weighted by Crippen LogP contribution is 2.50. The highest BCUT2D eigenvalue weighted by atomic mass is 16.7. The first kappa shape index (κ1) is 24.3. The Hall–Kier alpha value is -3.39. The molecular weight excluding hydrogens is 462 g/mol. The number of rotatable bonds is 6. The second-order valence-electron chi connectivity index (χ2n) is 9.59. The lowest BCUT2D eigenvalue weighted by Crippen LogP contribution is -2.56. The molecule has 2 heterocycles. The van der Waals surface area contributed by atoms with Crippen LogP contribution in [0.25, 0.3) is 6.08 Å². The summed E-state index contributed by atoms with van der Waals surface area (Å²) in [6, 6.07) is 9.18. The highest BCUT2D eigenvalue weighted by molar-refractivity contribution is 5.92. The van der Waals surface area contributed by atoms with Crippen LogP contribution in [-0.4, -0.2) is 56.2 Å². The van der Waals surface area contributed by atoms with Crippen LogP contribution < -0.4 is 23.7 Å². The van der Waals surface area contributed by atoms with E-state index in [1.165, 1.54) is 0 Å². The first-order valence-electron chi connectivity index (χ1n) is 12.4. The normalized spacial score (nSPS) is 24.9. The van der Waals surface area contributed by atoms with Crippen molar-refractivity contribution in [1.82, 2.24) is 4.90 Å². The van der Waals surface area contributed by atoms with Gasteiger partial charge in [-0.3, -0.25) is 4.79 Å². The number of carbonyl (C=O) groups excluding carboxylic acids is 1. The van der Waals surface area contributed by atoms with Crippen molar-refractivity contribution < 1.29 is 33.6 Å². The van der Waals surface area contributed by atoms with Crippen molar-refractivity contribution in [2.75, 3.05) is 34.7 Å². The van der Waals surface area contributed by atoms with Crippen molar-refractivity contribution >= 4 is 12.0 Å². The van der Waals surface area contributed by atoms with Crippen LogP contribution >= 0.6 is 0 Å². The van der Waals surface area contributed by atoms with E-state index >= 15 is 0 Å². The summed E-state index contributed by atoms with van der Waals surface area (Å²) in [5, 5.41) is 11.5. The molecule has 3 aliphatic rings. The van der Waals surface area contributed by atoms with Crippen LogP contribution in [0, 0.1) is 5.92 Å². The van der Waals surface area contributed by atoms with Gasteiger partial charge in [0.2, 0.25) is 18.4 Å². The molecule has 1 N–H and O–H groups in total. The number of nitrogens with zero attached hydrogens (tertiary/aromatic N) is 1. The number of aliphatic hydroxyl groups is 1. The summed E-state index contributed by atoms with van der Waals surface area (Å²) in [6.07, 6.45) is 7.59. The van der Waals surface area contributed by atoms with Crippen LogP contribution in [0.15, 0.2) is 36.4 Å². The Bertz CT molecular complexity index is 1140. The SMILES string of the molecule is COc1cc(/C=C/C(=O)N2CCC3(O)CCCCC3[C@@H]2c2ccc3c(c2)OCO3)cc(OC)c1OC. The molecular formula is C28H33NO7. The number of fused-ring (bicyclic) bond motifs is 2. The van der Waals surface area contributed by atoms with Gasteiger partial charge >= 0.3 is 0 Å². The van der Waals surface area contributed by atoms with Gasteiger partial charge in [-0.15, -0.1) is 0 Å². The molecule has 8 heteroatoms. The summed E-state index contributed by atoms with van der Waals surface area (Å²) in [4.78, 5) is 15.5. The molecule has 2 aromatic rings. The molecule has 8 nitrogen and oxygen atoms in total. The van der Waals surface area contributed by atoms with Crippen molar-refractivity contribution in [2.45, 2.75) is 43.7 Å². The number of hydrogen-bond acceptors (Lipinski definition) is 7. The summed E-state index contributed by atoms with van der Waals surface area (Å²) in [5.41, 5.74) is 0.943. The molecule has 2 fully saturated rings. The molecule has 0 bridgehead atoms. The first-order valence-corrected chi connectivity index (χ1v) is 12.4. The summed E-state index contributed by atoms with van der Waals surface area (Å²) in [5.74, 6) is 2.77. The number of benzene rings is 2. The van der Waals surface area contributed by atoms with Gasteiger partial charge in [0.1, 0.15) is 0 Å². The third kappa shape index (κ3) is 4.34. The minimum Gasteiger partial charge on any atom is -0.493 e. The maximum atomic E-state index is 13.6. The Morgan fingerprint density at radius 3 is 2.50 bits per heavy atom. The van der Waals surface area contributed by atoms with Gasteiger partial charge in [0, 0.05) is 18.5 Å². The van der Waals surface area contributed by atoms with E-state index < -0.39 is 5.60 Å². The van der Waals surface area contributed by atoms with Crippen molar-refractivity contribution in [1.29, 1.82) is 0 Å².